The number of benzene rings is 2. The number of ether oxygens (including phenoxy) is 1. The Kier molecular flexibility index (Phi) is 5.06. The Balaban J connectivity index is 1.66. The highest BCUT2D eigenvalue weighted by atomic mass is 32.2. The van der Waals surface area contributed by atoms with Crippen LogP contribution in [-0.4, -0.2) is 31.9 Å². The third-order valence-corrected chi connectivity index (χ3v) is 6.33. The predicted octanol–water partition coefficient (Wildman–Crippen LogP) is 3.51. The summed E-state index contributed by atoms with van der Waals surface area (Å²) in [4.78, 5) is 0.131. The number of hydrogen-bond acceptors (Lipinski definition) is 3. The number of halogens is 2. The second-order valence-corrected chi connectivity index (χ2v) is 7.99. The van der Waals surface area contributed by atoms with Gasteiger partial charge in [0.25, 0.3) is 0 Å². The monoisotopic (exact) mass is 367 g/mol. The van der Waals surface area contributed by atoms with E-state index < -0.39 is 15.8 Å². The first-order valence-corrected chi connectivity index (χ1v) is 9.49. The standard InChI is InChI=1S/C18H19F2NO3S/c1-13-12-15(20)4-7-18(13)25(22,23)21-10-8-17(9-11-21)24-16-5-2-14(19)3-6-16/h2-7,12,17H,8-11H2,1H3. The van der Waals surface area contributed by atoms with Crippen LogP contribution in [0.2, 0.25) is 0 Å². The van der Waals surface area contributed by atoms with Crippen molar-refractivity contribution in [3.8, 4) is 5.75 Å². The van der Waals surface area contributed by atoms with Crippen molar-refractivity contribution in [3.63, 3.8) is 0 Å². The van der Waals surface area contributed by atoms with Crippen molar-refractivity contribution in [1.29, 1.82) is 0 Å². The summed E-state index contributed by atoms with van der Waals surface area (Å²) in [7, 11) is -3.65. The fraction of sp³-hybridized carbons (Fsp3) is 0.333. The van der Waals surface area contributed by atoms with Crippen LogP contribution in [0.25, 0.3) is 0 Å². The lowest BCUT2D eigenvalue weighted by atomic mass is 10.1. The van der Waals surface area contributed by atoms with Gasteiger partial charge in [-0.15, -0.1) is 0 Å². The molecule has 4 nitrogen and oxygen atoms in total. The molecule has 1 heterocycles. The molecule has 1 saturated heterocycles. The molecular formula is C18H19F2NO3S. The first-order chi connectivity index (χ1) is 11.9. The van der Waals surface area contributed by atoms with Crippen LogP contribution < -0.4 is 4.74 Å². The van der Waals surface area contributed by atoms with Gasteiger partial charge in [-0.1, -0.05) is 0 Å². The molecule has 1 aliphatic rings. The second kappa shape index (κ2) is 7.09. The van der Waals surface area contributed by atoms with Crippen molar-refractivity contribution < 1.29 is 21.9 Å². The zero-order valence-electron chi connectivity index (χ0n) is 13.8. The first kappa shape index (κ1) is 17.8. The fourth-order valence-corrected chi connectivity index (χ4v) is 4.61. The maximum Gasteiger partial charge on any atom is 0.243 e. The van der Waals surface area contributed by atoms with Gasteiger partial charge in [0.15, 0.2) is 0 Å². The average molecular weight is 367 g/mol. The van der Waals surface area contributed by atoms with Crippen LogP contribution in [0.3, 0.4) is 0 Å². The minimum atomic E-state index is -3.65. The van der Waals surface area contributed by atoms with E-state index in [0.717, 1.165) is 6.07 Å². The Morgan fingerprint density at radius 1 is 1.00 bits per heavy atom. The minimum absolute atomic E-state index is 0.119. The van der Waals surface area contributed by atoms with E-state index in [1.54, 1.807) is 19.1 Å². The largest absolute Gasteiger partial charge is 0.490 e. The van der Waals surface area contributed by atoms with E-state index >= 15 is 0 Å². The summed E-state index contributed by atoms with van der Waals surface area (Å²) < 4.78 is 58.8. The Morgan fingerprint density at radius 2 is 1.60 bits per heavy atom. The number of rotatable bonds is 4. The number of aryl methyl sites for hydroxylation is 1. The normalized spacial score (nSPS) is 16.8. The minimum Gasteiger partial charge on any atom is -0.490 e. The molecule has 0 bridgehead atoms. The fourth-order valence-electron chi connectivity index (χ4n) is 2.94. The molecule has 3 rings (SSSR count). The molecule has 0 radical (unpaired) electrons. The Morgan fingerprint density at radius 3 is 2.20 bits per heavy atom. The van der Waals surface area contributed by atoms with Crippen LogP contribution in [0.4, 0.5) is 8.78 Å². The lowest BCUT2D eigenvalue weighted by molar-refractivity contribution is 0.135. The van der Waals surface area contributed by atoms with E-state index in [1.165, 1.54) is 28.6 Å². The van der Waals surface area contributed by atoms with Crippen molar-refractivity contribution >= 4 is 10.0 Å². The molecule has 0 aromatic heterocycles. The first-order valence-electron chi connectivity index (χ1n) is 8.05. The van der Waals surface area contributed by atoms with Crippen LogP contribution in [0.1, 0.15) is 18.4 Å². The molecule has 2 aromatic rings. The van der Waals surface area contributed by atoms with Gasteiger partial charge in [0.2, 0.25) is 10.0 Å². The van der Waals surface area contributed by atoms with Crippen LogP contribution in [0.5, 0.6) is 5.75 Å². The zero-order valence-corrected chi connectivity index (χ0v) is 14.6. The predicted molar refractivity (Wildman–Crippen MR) is 89.9 cm³/mol. The zero-order chi connectivity index (χ0) is 18.0. The molecule has 1 aliphatic heterocycles. The molecule has 0 saturated carbocycles. The Bertz CT molecular complexity index is 845. The van der Waals surface area contributed by atoms with Crippen molar-refractivity contribution in [1.82, 2.24) is 4.31 Å². The maximum atomic E-state index is 13.2. The summed E-state index contributed by atoms with van der Waals surface area (Å²) in [6.45, 7) is 2.23. The summed E-state index contributed by atoms with van der Waals surface area (Å²) >= 11 is 0. The molecule has 25 heavy (non-hydrogen) atoms. The van der Waals surface area contributed by atoms with E-state index in [4.69, 9.17) is 4.74 Å². The van der Waals surface area contributed by atoms with Crippen LogP contribution in [0, 0.1) is 18.6 Å². The van der Waals surface area contributed by atoms with Crippen molar-refractivity contribution in [3.05, 3.63) is 59.7 Å². The SMILES string of the molecule is Cc1cc(F)ccc1S(=O)(=O)N1CCC(Oc2ccc(F)cc2)CC1. The summed E-state index contributed by atoms with van der Waals surface area (Å²) in [6.07, 6.45) is 0.958. The van der Waals surface area contributed by atoms with Gasteiger partial charge in [-0.05, 0) is 67.8 Å². The van der Waals surface area contributed by atoms with Crippen LogP contribution >= 0.6 is 0 Å². The number of nitrogens with zero attached hydrogens (tertiary/aromatic N) is 1. The topological polar surface area (TPSA) is 46.6 Å². The molecule has 0 unspecified atom stereocenters. The molecule has 0 spiro atoms. The molecule has 0 atom stereocenters. The lowest BCUT2D eigenvalue weighted by Gasteiger charge is -2.31. The number of sulfonamides is 1. The summed E-state index contributed by atoms with van der Waals surface area (Å²) in [5.74, 6) is -0.220. The van der Waals surface area contributed by atoms with Gasteiger partial charge in [0.1, 0.15) is 23.5 Å². The number of hydrogen-bond donors (Lipinski definition) is 0. The van der Waals surface area contributed by atoms with E-state index in [9.17, 15) is 17.2 Å². The average Bonchev–Trinajstić information content (AvgIpc) is 2.57. The molecule has 0 aliphatic carbocycles. The van der Waals surface area contributed by atoms with Gasteiger partial charge in [0, 0.05) is 13.1 Å². The van der Waals surface area contributed by atoms with Gasteiger partial charge < -0.3 is 4.74 Å². The molecule has 2 aromatic carbocycles. The Hall–Kier alpha value is -1.99. The van der Waals surface area contributed by atoms with E-state index in [1.807, 2.05) is 0 Å². The van der Waals surface area contributed by atoms with E-state index in [-0.39, 0.29) is 16.8 Å². The molecular weight excluding hydrogens is 348 g/mol. The third-order valence-electron chi connectivity index (χ3n) is 4.27. The molecule has 134 valence electrons. The van der Waals surface area contributed by atoms with E-state index in [0.29, 0.717) is 37.2 Å². The smallest absolute Gasteiger partial charge is 0.243 e. The highest BCUT2D eigenvalue weighted by Crippen LogP contribution is 2.26. The van der Waals surface area contributed by atoms with Gasteiger partial charge in [-0.2, -0.15) is 4.31 Å². The summed E-state index contributed by atoms with van der Waals surface area (Å²) in [5.41, 5.74) is 0.393. The summed E-state index contributed by atoms with van der Waals surface area (Å²) in [6, 6.07) is 9.45. The number of piperidine rings is 1. The van der Waals surface area contributed by atoms with Crippen LogP contribution in [0.15, 0.2) is 47.4 Å². The van der Waals surface area contributed by atoms with Gasteiger partial charge in [-0.25, -0.2) is 17.2 Å². The van der Waals surface area contributed by atoms with Gasteiger partial charge >= 0.3 is 0 Å². The molecule has 0 N–H and O–H groups in total. The van der Waals surface area contributed by atoms with Gasteiger partial charge in [-0.3, -0.25) is 0 Å². The van der Waals surface area contributed by atoms with E-state index in [2.05, 4.69) is 0 Å². The molecule has 0 amide bonds. The molecule has 7 heteroatoms. The quantitative estimate of drug-likeness (QED) is 0.831. The summed E-state index contributed by atoms with van der Waals surface area (Å²) in [5, 5.41) is 0. The third kappa shape index (κ3) is 3.99. The second-order valence-electron chi connectivity index (χ2n) is 6.09. The highest BCUT2D eigenvalue weighted by molar-refractivity contribution is 7.89. The van der Waals surface area contributed by atoms with Crippen LogP contribution in [-0.2, 0) is 10.0 Å². The van der Waals surface area contributed by atoms with Crippen molar-refractivity contribution in [2.75, 3.05) is 13.1 Å². The van der Waals surface area contributed by atoms with Crippen molar-refractivity contribution in [2.45, 2.75) is 30.8 Å². The Labute approximate surface area is 146 Å². The lowest BCUT2D eigenvalue weighted by Crippen LogP contribution is -2.41. The van der Waals surface area contributed by atoms with Gasteiger partial charge in [0.05, 0.1) is 4.90 Å². The molecule has 1 fully saturated rings. The van der Waals surface area contributed by atoms with Crippen molar-refractivity contribution in [2.24, 2.45) is 0 Å². The maximum absolute atomic E-state index is 13.2. The highest BCUT2D eigenvalue weighted by Gasteiger charge is 2.31.